The van der Waals surface area contributed by atoms with Gasteiger partial charge in [-0.1, -0.05) is 45.0 Å². The molecule has 0 N–H and O–H groups in total. The summed E-state index contributed by atoms with van der Waals surface area (Å²) in [6, 6.07) is 19.7. The number of amides is 1. The highest BCUT2D eigenvalue weighted by molar-refractivity contribution is 5.94. The molecule has 1 amide bonds. The zero-order chi connectivity index (χ0) is 25.8. The SMILES string of the molecule is CCC(c1nc2ccccc2c(=O)n1-c1ccc(OC)cc1)N(CC(C)C)C(=O)c1ccccc1F. The molecule has 1 heterocycles. The zero-order valence-electron chi connectivity index (χ0n) is 20.9. The Kier molecular flexibility index (Phi) is 7.48. The smallest absolute Gasteiger partial charge is 0.266 e. The highest BCUT2D eigenvalue weighted by atomic mass is 19.1. The highest BCUT2D eigenvalue weighted by Gasteiger charge is 2.31. The van der Waals surface area contributed by atoms with Gasteiger partial charge in [-0.25, -0.2) is 9.37 Å². The lowest BCUT2D eigenvalue weighted by molar-refractivity contribution is 0.0626. The maximum absolute atomic E-state index is 14.7. The molecule has 36 heavy (non-hydrogen) atoms. The van der Waals surface area contributed by atoms with Crippen molar-refractivity contribution in [2.24, 2.45) is 5.92 Å². The van der Waals surface area contributed by atoms with Gasteiger partial charge in [0.2, 0.25) is 0 Å². The first-order valence-electron chi connectivity index (χ1n) is 12.1. The number of hydrogen-bond donors (Lipinski definition) is 0. The number of rotatable bonds is 8. The molecule has 1 unspecified atom stereocenters. The molecule has 0 fully saturated rings. The van der Waals surface area contributed by atoms with E-state index in [2.05, 4.69) is 0 Å². The quantitative estimate of drug-likeness (QED) is 0.316. The first kappa shape index (κ1) is 25.1. The number of hydrogen-bond acceptors (Lipinski definition) is 4. The van der Waals surface area contributed by atoms with Crippen molar-refractivity contribution in [3.8, 4) is 11.4 Å². The van der Waals surface area contributed by atoms with Gasteiger partial charge in [0.1, 0.15) is 17.4 Å². The van der Waals surface area contributed by atoms with E-state index in [1.54, 1.807) is 71.2 Å². The average molecular weight is 488 g/mol. The van der Waals surface area contributed by atoms with E-state index in [1.165, 1.54) is 12.1 Å². The van der Waals surface area contributed by atoms with Crippen LogP contribution in [0.3, 0.4) is 0 Å². The van der Waals surface area contributed by atoms with Crippen molar-refractivity contribution < 1.29 is 13.9 Å². The Morgan fingerprint density at radius 2 is 1.69 bits per heavy atom. The summed E-state index contributed by atoms with van der Waals surface area (Å²) >= 11 is 0. The Labute approximate surface area is 210 Å². The molecule has 0 saturated heterocycles. The summed E-state index contributed by atoms with van der Waals surface area (Å²) in [7, 11) is 1.58. The van der Waals surface area contributed by atoms with E-state index in [-0.39, 0.29) is 17.0 Å². The van der Waals surface area contributed by atoms with Gasteiger partial charge in [-0.3, -0.25) is 14.2 Å². The van der Waals surface area contributed by atoms with Gasteiger partial charge in [0.25, 0.3) is 11.5 Å². The van der Waals surface area contributed by atoms with E-state index < -0.39 is 17.8 Å². The Hall–Kier alpha value is -4.00. The fourth-order valence-corrected chi connectivity index (χ4v) is 4.43. The van der Waals surface area contributed by atoms with Crippen LogP contribution in [0.1, 0.15) is 49.4 Å². The van der Waals surface area contributed by atoms with E-state index >= 15 is 0 Å². The van der Waals surface area contributed by atoms with Gasteiger partial charge >= 0.3 is 0 Å². The van der Waals surface area contributed by atoms with Crippen LogP contribution in [0.5, 0.6) is 5.75 Å². The third-order valence-electron chi connectivity index (χ3n) is 6.12. The summed E-state index contributed by atoms with van der Waals surface area (Å²) in [6.45, 7) is 6.31. The predicted molar refractivity (Wildman–Crippen MR) is 139 cm³/mol. The van der Waals surface area contributed by atoms with E-state index in [0.717, 1.165) is 0 Å². The molecular formula is C29H30FN3O3. The van der Waals surface area contributed by atoms with Crippen molar-refractivity contribution in [3.05, 3.63) is 100 Å². The Morgan fingerprint density at radius 3 is 2.33 bits per heavy atom. The number of methoxy groups -OCH3 is 1. The summed E-state index contributed by atoms with van der Waals surface area (Å²) in [4.78, 5) is 34.0. The molecule has 0 radical (unpaired) electrons. The second-order valence-corrected chi connectivity index (χ2v) is 9.08. The van der Waals surface area contributed by atoms with E-state index in [1.807, 2.05) is 26.8 Å². The predicted octanol–water partition coefficient (Wildman–Crippen LogP) is 5.78. The van der Waals surface area contributed by atoms with Crippen LogP contribution < -0.4 is 10.3 Å². The minimum atomic E-state index is -0.579. The van der Waals surface area contributed by atoms with Crippen LogP contribution >= 0.6 is 0 Å². The molecule has 6 nitrogen and oxygen atoms in total. The maximum Gasteiger partial charge on any atom is 0.266 e. The molecular weight excluding hydrogens is 457 g/mol. The number of carbonyl (C=O) groups is 1. The Morgan fingerprint density at radius 1 is 1.03 bits per heavy atom. The molecule has 0 bridgehead atoms. The number of nitrogens with zero attached hydrogens (tertiary/aromatic N) is 3. The van der Waals surface area contributed by atoms with Gasteiger partial charge in [0.05, 0.1) is 35.3 Å². The number of para-hydroxylation sites is 1. The fraction of sp³-hybridized carbons (Fsp3) is 0.276. The number of aromatic nitrogens is 2. The summed E-state index contributed by atoms with van der Waals surface area (Å²) in [5.74, 6) is 0.181. The van der Waals surface area contributed by atoms with Crippen LogP contribution in [-0.4, -0.2) is 34.0 Å². The molecule has 0 aliphatic heterocycles. The Bertz CT molecular complexity index is 1430. The molecule has 4 rings (SSSR count). The summed E-state index contributed by atoms with van der Waals surface area (Å²) < 4.78 is 21.5. The average Bonchev–Trinajstić information content (AvgIpc) is 2.88. The fourth-order valence-electron chi connectivity index (χ4n) is 4.43. The summed E-state index contributed by atoms with van der Waals surface area (Å²) in [5.41, 5.74) is 0.914. The van der Waals surface area contributed by atoms with Crippen LogP contribution in [0.25, 0.3) is 16.6 Å². The lowest BCUT2D eigenvalue weighted by Crippen LogP contribution is -2.40. The van der Waals surface area contributed by atoms with Crippen molar-refractivity contribution in [3.63, 3.8) is 0 Å². The number of fused-ring (bicyclic) bond motifs is 1. The molecule has 0 aliphatic rings. The van der Waals surface area contributed by atoms with E-state index in [4.69, 9.17) is 9.72 Å². The molecule has 0 saturated carbocycles. The van der Waals surface area contributed by atoms with Crippen LogP contribution in [0, 0.1) is 11.7 Å². The number of benzene rings is 3. The summed E-state index contributed by atoms with van der Waals surface area (Å²) in [5, 5.41) is 0.475. The molecule has 1 aromatic heterocycles. The van der Waals surface area contributed by atoms with Gasteiger partial charge in [-0.2, -0.15) is 0 Å². The first-order chi connectivity index (χ1) is 17.3. The molecule has 4 aromatic rings. The van der Waals surface area contributed by atoms with Crippen molar-refractivity contribution in [2.45, 2.75) is 33.2 Å². The van der Waals surface area contributed by atoms with Gasteiger partial charge < -0.3 is 9.64 Å². The molecule has 1 atom stereocenters. The standard InChI is InChI=1S/C29H30FN3O3/c1-5-26(32(18-19(2)3)28(34)22-10-6-8-12-24(22)30)27-31-25-13-9-7-11-23(25)29(35)33(27)20-14-16-21(36-4)17-15-20/h6-17,19,26H,5,18H2,1-4H3. The number of carbonyl (C=O) groups excluding carboxylic acids is 1. The van der Waals surface area contributed by atoms with E-state index in [0.29, 0.717) is 41.1 Å². The topological polar surface area (TPSA) is 64.4 Å². The van der Waals surface area contributed by atoms with Crippen LogP contribution in [0.2, 0.25) is 0 Å². The minimum Gasteiger partial charge on any atom is -0.497 e. The zero-order valence-corrected chi connectivity index (χ0v) is 20.9. The van der Waals surface area contributed by atoms with E-state index in [9.17, 15) is 14.0 Å². The molecule has 7 heteroatoms. The largest absolute Gasteiger partial charge is 0.497 e. The second kappa shape index (κ2) is 10.7. The molecule has 3 aromatic carbocycles. The van der Waals surface area contributed by atoms with Crippen molar-refractivity contribution >= 4 is 16.8 Å². The number of ether oxygens (including phenoxy) is 1. The normalized spacial score (nSPS) is 12.1. The van der Waals surface area contributed by atoms with Crippen molar-refractivity contribution in [1.29, 1.82) is 0 Å². The third-order valence-corrected chi connectivity index (χ3v) is 6.12. The van der Waals surface area contributed by atoms with Crippen LogP contribution in [0.4, 0.5) is 4.39 Å². The minimum absolute atomic E-state index is 0.00395. The third kappa shape index (κ3) is 4.87. The second-order valence-electron chi connectivity index (χ2n) is 9.08. The van der Waals surface area contributed by atoms with Gasteiger partial charge in [-0.05, 0) is 60.9 Å². The molecule has 186 valence electrons. The summed E-state index contributed by atoms with van der Waals surface area (Å²) in [6.07, 6.45) is 0.480. The lowest BCUT2D eigenvalue weighted by atomic mass is 10.0. The lowest BCUT2D eigenvalue weighted by Gasteiger charge is -2.33. The maximum atomic E-state index is 14.7. The van der Waals surface area contributed by atoms with Crippen LogP contribution in [0.15, 0.2) is 77.6 Å². The molecule has 0 spiro atoms. The van der Waals surface area contributed by atoms with Gasteiger partial charge in [0, 0.05) is 6.54 Å². The monoisotopic (exact) mass is 487 g/mol. The van der Waals surface area contributed by atoms with Crippen molar-refractivity contribution in [1.82, 2.24) is 14.5 Å². The molecule has 0 aliphatic carbocycles. The highest BCUT2D eigenvalue weighted by Crippen LogP contribution is 2.29. The van der Waals surface area contributed by atoms with Crippen LogP contribution in [-0.2, 0) is 0 Å². The van der Waals surface area contributed by atoms with Crippen molar-refractivity contribution in [2.75, 3.05) is 13.7 Å². The first-order valence-corrected chi connectivity index (χ1v) is 12.1. The van der Waals surface area contributed by atoms with Gasteiger partial charge in [-0.15, -0.1) is 0 Å². The number of halogens is 1. The Balaban J connectivity index is 1.96. The van der Waals surface area contributed by atoms with Gasteiger partial charge in [0.15, 0.2) is 0 Å².